The third-order valence-electron chi connectivity index (χ3n) is 4.01. The van der Waals surface area contributed by atoms with E-state index in [9.17, 15) is 4.57 Å². The predicted octanol–water partition coefficient (Wildman–Crippen LogP) is 5.62. The molecule has 0 bridgehead atoms. The lowest BCUT2D eigenvalue weighted by molar-refractivity contribution is 0.141. The molecule has 3 rings (SSSR count). The Morgan fingerprint density at radius 2 is 1.32 bits per heavy atom. The Labute approximate surface area is 150 Å². The Morgan fingerprint density at radius 3 is 1.80 bits per heavy atom. The molecule has 0 aliphatic carbocycles. The number of benzene rings is 2. The second kappa shape index (κ2) is 7.33. The van der Waals surface area contributed by atoms with E-state index in [2.05, 4.69) is 17.0 Å². The third kappa shape index (κ3) is 3.98. The largest absolute Gasteiger partial charge is 0.355 e. The molecule has 0 N–H and O–H groups in total. The highest BCUT2D eigenvalue weighted by Gasteiger charge is 2.61. The summed E-state index contributed by atoms with van der Waals surface area (Å²) in [7, 11) is -3.31. The van der Waals surface area contributed by atoms with Crippen LogP contribution in [-0.4, -0.2) is 18.0 Å². The van der Waals surface area contributed by atoms with Gasteiger partial charge < -0.3 is 13.9 Å². The fourth-order valence-electron chi connectivity index (χ4n) is 3.18. The van der Waals surface area contributed by atoms with Crippen LogP contribution in [0.1, 0.15) is 39.3 Å². The predicted molar refractivity (Wildman–Crippen MR) is 102 cm³/mol. The average molecular weight is 359 g/mol. The Morgan fingerprint density at radius 1 is 0.840 bits per heavy atom. The zero-order valence-electron chi connectivity index (χ0n) is 15.2. The van der Waals surface area contributed by atoms with Crippen molar-refractivity contribution in [2.45, 2.75) is 51.7 Å². The summed E-state index contributed by atoms with van der Waals surface area (Å²) in [5.41, 5.74) is 2.15. The summed E-state index contributed by atoms with van der Waals surface area (Å²) in [5.74, 6) is -0.304. The molecule has 0 amide bonds. The van der Waals surface area contributed by atoms with Gasteiger partial charge in [-0.3, -0.25) is 4.57 Å². The molecule has 1 fully saturated rings. The van der Waals surface area contributed by atoms with E-state index < -0.39 is 7.60 Å². The van der Waals surface area contributed by atoms with Crippen LogP contribution in [0.25, 0.3) is 0 Å². The van der Waals surface area contributed by atoms with Gasteiger partial charge in [0.15, 0.2) is 5.78 Å². The lowest BCUT2D eigenvalue weighted by Crippen LogP contribution is -2.13. The minimum absolute atomic E-state index is 0.00747. The average Bonchev–Trinajstić information content (AvgIpc) is 3.31. The number of rotatable bonds is 7. The van der Waals surface area contributed by atoms with E-state index in [0.29, 0.717) is 0 Å². The van der Waals surface area contributed by atoms with Gasteiger partial charge in [-0.05, 0) is 45.4 Å². The number of para-hydroxylation sites is 1. The number of anilines is 1. The van der Waals surface area contributed by atoms with Gasteiger partial charge in [-0.1, -0.05) is 48.5 Å². The summed E-state index contributed by atoms with van der Waals surface area (Å²) in [6.07, 6.45) is -0.335. The van der Waals surface area contributed by atoms with E-state index in [0.717, 1.165) is 11.3 Å². The van der Waals surface area contributed by atoms with Crippen LogP contribution in [0, 0.1) is 0 Å². The van der Waals surface area contributed by atoms with Gasteiger partial charge in [0.1, 0.15) is 0 Å². The first-order valence-electron chi connectivity index (χ1n) is 8.77. The Kier molecular flexibility index (Phi) is 5.33. The second-order valence-corrected chi connectivity index (χ2v) is 8.89. The molecule has 1 aliphatic rings. The van der Waals surface area contributed by atoms with Crippen molar-refractivity contribution in [3.05, 3.63) is 66.2 Å². The summed E-state index contributed by atoms with van der Waals surface area (Å²) in [5, 5.41) is 0. The first-order chi connectivity index (χ1) is 11.9. The summed E-state index contributed by atoms with van der Waals surface area (Å²) in [6, 6.07) is 20.1. The topological polar surface area (TPSA) is 38.5 Å². The molecule has 0 aromatic heterocycles. The van der Waals surface area contributed by atoms with Crippen molar-refractivity contribution in [3.63, 3.8) is 0 Å². The summed E-state index contributed by atoms with van der Waals surface area (Å²) >= 11 is 0. The number of nitrogens with zero attached hydrogens (tertiary/aromatic N) is 1. The van der Waals surface area contributed by atoms with Crippen molar-refractivity contribution < 1.29 is 13.6 Å². The molecule has 5 heteroatoms. The first-order valence-corrected chi connectivity index (χ1v) is 10.4. The van der Waals surface area contributed by atoms with Gasteiger partial charge in [0.2, 0.25) is 0 Å². The van der Waals surface area contributed by atoms with Crippen molar-refractivity contribution in [1.82, 2.24) is 0 Å². The Bertz CT molecular complexity index is 674. The van der Waals surface area contributed by atoms with Crippen molar-refractivity contribution in [2.24, 2.45) is 0 Å². The van der Waals surface area contributed by atoms with E-state index in [-0.39, 0.29) is 24.0 Å². The van der Waals surface area contributed by atoms with Crippen LogP contribution in [0.4, 0.5) is 5.69 Å². The van der Waals surface area contributed by atoms with Crippen molar-refractivity contribution in [2.75, 3.05) is 4.90 Å². The van der Waals surface area contributed by atoms with Crippen molar-refractivity contribution in [1.29, 1.82) is 0 Å². The molecular formula is C20H26NO3P. The van der Waals surface area contributed by atoms with E-state index in [1.165, 1.54) is 0 Å². The van der Waals surface area contributed by atoms with Crippen LogP contribution in [0.2, 0.25) is 0 Å². The summed E-state index contributed by atoms with van der Waals surface area (Å²) in [4.78, 5) is 2.14. The van der Waals surface area contributed by atoms with E-state index in [4.69, 9.17) is 9.05 Å². The van der Waals surface area contributed by atoms with Gasteiger partial charge in [-0.25, -0.2) is 0 Å². The highest BCUT2D eigenvalue weighted by Crippen LogP contribution is 2.69. The van der Waals surface area contributed by atoms with Gasteiger partial charge in [0.05, 0.1) is 18.2 Å². The Balaban J connectivity index is 1.99. The zero-order chi connectivity index (χ0) is 18.0. The molecule has 0 spiro atoms. The molecular weight excluding hydrogens is 333 g/mol. The SMILES string of the molecule is CC(C)OP(=O)(OC(C)C)[C@@H]1[C@H](c2ccccc2)N1c1ccccc1. The molecule has 25 heavy (non-hydrogen) atoms. The summed E-state index contributed by atoms with van der Waals surface area (Å²) in [6.45, 7) is 7.57. The maximum atomic E-state index is 13.7. The molecule has 2 aromatic rings. The molecule has 1 saturated heterocycles. The first kappa shape index (κ1) is 18.2. The molecule has 134 valence electrons. The molecule has 4 nitrogen and oxygen atoms in total. The molecule has 1 aliphatic heterocycles. The van der Waals surface area contributed by atoms with Gasteiger partial charge in [-0.2, -0.15) is 0 Å². The summed E-state index contributed by atoms with van der Waals surface area (Å²) < 4.78 is 25.4. The number of hydrogen-bond acceptors (Lipinski definition) is 4. The quantitative estimate of drug-likeness (QED) is 0.475. The van der Waals surface area contributed by atoms with E-state index in [1.54, 1.807) is 0 Å². The van der Waals surface area contributed by atoms with Crippen LogP contribution in [0.3, 0.4) is 0 Å². The molecule has 0 unspecified atom stereocenters. The van der Waals surface area contributed by atoms with Crippen LogP contribution in [-0.2, 0) is 13.6 Å². The zero-order valence-corrected chi connectivity index (χ0v) is 16.1. The second-order valence-electron chi connectivity index (χ2n) is 6.86. The van der Waals surface area contributed by atoms with Crippen LogP contribution in [0.5, 0.6) is 0 Å². The Hall–Kier alpha value is -1.61. The molecule has 0 saturated carbocycles. The fraction of sp³-hybridized carbons (Fsp3) is 0.400. The molecule has 2 aromatic carbocycles. The number of hydrogen-bond donors (Lipinski definition) is 0. The van der Waals surface area contributed by atoms with E-state index in [1.807, 2.05) is 76.2 Å². The van der Waals surface area contributed by atoms with Crippen LogP contribution in [0.15, 0.2) is 60.7 Å². The maximum Gasteiger partial charge on any atom is 0.355 e. The minimum Gasteiger partial charge on any atom is -0.345 e. The third-order valence-corrected chi connectivity index (χ3v) is 6.62. The maximum absolute atomic E-state index is 13.7. The lowest BCUT2D eigenvalue weighted by Gasteiger charge is -2.23. The van der Waals surface area contributed by atoms with E-state index >= 15 is 0 Å². The molecule has 2 atom stereocenters. The van der Waals surface area contributed by atoms with Crippen molar-refractivity contribution >= 4 is 13.3 Å². The van der Waals surface area contributed by atoms with Crippen LogP contribution < -0.4 is 4.90 Å². The minimum atomic E-state index is -3.31. The standard InChI is InChI=1S/C20H26NO3P/c1-15(2)23-25(22,24-16(3)4)20-19(17-11-7-5-8-12-17)21(20)18-13-9-6-10-14-18/h5-16,19-20H,1-4H3/t19-,20+,21?/m0/s1. The van der Waals surface area contributed by atoms with Crippen molar-refractivity contribution in [3.8, 4) is 0 Å². The highest BCUT2D eigenvalue weighted by atomic mass is 31.2. The van der Waals surface area contributed by atoms with Gasteiger partial charge >= 0.3 is 7.60 Å². The lowest BCUT2D eigenvalue weighted by atomic mass is 10.1. The monoisotopic (exact) mass is 359 g/mol. The smallest absolute Gasteiger partial charge is 0.345 e. The highest BCUT2D eigenvalue weighted by molar-refractivity contribution is 7.55. The van der Waals surface area contributed by atoms with Gasteiger partial charge in [0.25, 0.3) is 0 Å². The normalized spacial score (nSPS) is 20.3. The molecule has 1 heterocycles. The van der Waals surface area contributed by atoms with Crippen LogP contribution >= 0.6 is 7.60 Å². The fourth-order valence-corrected chi connectivity index (χ4v) is 5.82. The van der Waals surface area contributed by atoms with Gasteiger partial charge in [-0.15, -0.1) is 0 Å². The molecule has 0 radical (unpaired) electrons. The van der Waals surface area contributed by atoms with Gasteiger partial charge in [0, 0.05) is 5.69 Å².